The molecule has 0 spiro atoms. The van der Waals surface area contributed by atoms with Gasteiger partial charge in [0.2, 0.25) is 0 Å². The molecule has 2 N–H and O–H groups in total. The van der Waals surface area contributed by atoms with E-state index in [0.29, 0.717) is 0 Å². The lowest BCUT2D eigenvalue weighted by Crippen LogP contribution is -2.45. The van der Waals surface area contributed by atoms with Gasteiger partial charge in [0.1, 0.15) is 0 Å². The number of hydrogen-bond acceptors (Lipinski definition) is 2. The fraction of sp³-hybridized carbons (Fsp3) is 0.833. The van der Waals surface area contributed by atoms with Crippen molar-refractivity contribution in [2.45, 2.75) is 32.2 Å². The standard InChI is InChI=1S/C12H21NO/c1-12(2,8-14)13-7-11-6-9-3-4-10(11)5-9/h3-4,9-11,13-14H,5-8H2,1-2H3. The normalized spacial score (nSPS) is 35.5. The van der Waals surface area contributed by atoms with Crippen LogP contribution in [0.4, 0.5) is 0 Å². The van der Waals surface area contributed by atoms with Gasteiger partial charge in [0, 0.05) is 5.54 Å². The Bertz CT molecular complexity index is 234. The molecule has 3 unspecified atom stereocenters. The Hall–Kier alpha value is -0.340. The molecule has 2 rings (SSSR count). The second-order valence-electron chi connectivity index (χ2n) is 5.46. The van der Waals surface area contributed by atoms with E-state index in [2.05, 4.69) is 31.3 Å². The molecule has 2 heteroatoms. The first-order valence-corrected chi connectivity index (χ1v) is 5.65. The summed E-state index contributed by atoms with van der Waals surface area (Å²) in [5.74, 6) is 2.46. The summed E-state index contributed by atoms with van der Waals surface area (Å²) in [6.45, 7) is 5.37. The van der Waals surface area contributed by atoms with Crippen molar-refractivity contribution in [2.75, 3.05) is 13.2 Å². The van der Waals surface area contributed by atoms with E-state index in [4.69, 9.17) is 5.11 Å². The molecule has 1 fully saturated rings. The maximum atomic E-state index is 9.12. The van der Waals surface area contributed by atoms with Gasteiger partial charge in [-0.1, -0.05) is 12.2 Å². The van der Waals surface area contributed by atoms with E-state index in [0.717, 1.165) is 24.3 Å². The van der Waals surface area contributed by atoms with E-state index in [-0.39, 0.29) is 12.1 Å². The molecule has 2 bridgehead atoms. The molecule has 0 radical (unpaired) electrons. The van der Waals surface area contributed by atoms with Crippen molar-refractivity contribution < 1.29 is 5.11 Å². The van der Waals surface area contributed by atoms with Crippen molar-refractivity contribution in [3.63, 3.8) is 0 Å². The van der Waals surface area contributed by atoms with Gasteiger partial charge in [0.25, 0.3) is 0 Å². The van der Waals surface area contributed by atoms with Gasteiger partial charge in [-0.15, -0.1) is 0 Å². The molecule has 2 aliphatic carbocycles. The lowest BCUT2D eigenvalue weighted by atomic mass is 9.92. The zero-order chi connectivity index (χ0) is 10.2. The van der Waals surface area contributed by atoms with Crippen LogP contribution in [0.3, 0.4) is 0 Å². The maximum Gasteiger partial charge on any atom is 0.0607 e. The van der Waals surface area contributed by atoms with Crippen LogP contribution in [-0.2, 0) is 0 Å². The summed E-state index contributed by atoms with van der Waals surface area (Å²) < 4.78 is 0. The van der Waals surface area contributed by atoms with Crippen molar-refractivity contribution in [1.29, 1.82) is 0 Å². The van der Waals surface area contributed by atoms with Crippen molar-refractivity contribution in [2.24, 2.45) is 17.8 Å². The smallest absolute Gasteiger partial charge is 0.0607 e. The predicted octanol–water partition coefficient (Wildman–Crippen LogP) is 1.56. The number of nitrogens with one attached hydrogen (secondary N) is 1. The summed E-state index contributed by atoms with van der Waals surface area (Å²) in [7, 11) is 0. The molecule has 0 aromatic carbocycles. The fourth-order valence-electron chi connectivity index (χ4n) is 2.59. The maximum absolute atomic E-state index is 9.12. The van der Waals surface area contributed by atoms with Crippen LogP contribution in [0.5, 0.6) is 0 Å². The molecule has 0 aliphatic heterocycles. The molecular formula is C12H21NO. The summed E-state index contributed by atoms with van der Waals surface area (Å²) in [6, 6.07) is 0. The highest BCUT2D eigenvalue weighted by Gasteiger charge is 2.35. The summed E-state index contributed by atoms with van der Waals surface area (Å²) in [4.78, 5) is 0. The van der Waals surface area contributed by atoms with Crippen LogP contribution < -0.4 is 5.32 Å². The first-order valence-electron chi connectivity index (χ1n) is 5.65. The van der Waals surface area contributed by atoms with Gasteiger partial charge in [0.15, 0.2) is 0 Å². The third-order valence-corrected chi connectivity index (χ3v) is 3.65. The Morgan fingerprint density at radius 1 is 1.36 bits per heavy atom. The molecule has 0 amide bonds. The van der Waals surface area contributed by atoms with Gasteiger partial charge in [-0.3, -0.25) is 0 Å². The van der Waals surface area contributed by atoms with Crippen molar-refractivity contribution >= 4 is 0 Å². The van der Waals surface area contributed by atoms with Crippen molar-refractivity contribution in [3.05, 3.63) is 12.2 Å². The van der Waals surface area contributed by atoms with Crippen molar-refractivity contribution in [1.82, 2.24) is 5.32 Å². The molecule has 0 aromatic rings. The van der Waals surface area contributed by atoms with E-state index in [9.17, 15) is 0 Å². The molecule has 14 heavy (non-hydrogen) atoms. The Kier molecular flexibility index (Phi) is 2.67. The molecule has 0 saturated heterocycles. The van der Waals surface area contributed by atoms with Crippen LogP contribution in [0.1, 0.15) is 26.7 Å². The fourth-order valence-corrected chi connectivity index (χ4v) is 2.59. The molecular weight excluding hydrogens is 174 g/mol. The van der Waals surface area contributed by atoms with E-state index in [1.54, 1.807) is 0 Å². The third-order valence-electron chi connectivity index (χ3n) is 3.65. The second kappa shape index (κ2) is 3.67. The zero-order valence-corrected chi connectivity index (χ0v) is 9.16. The topological polar surface area (TPSA) is 32.3 Å². The Morgan fingerprint density at radius 2 is 2.14 bits per heavy atom. The molecule has 0 heterocycles. The summed E-state index contributed by atoms with van der Waals surface area (Å²) in [5, 5.41) is 12.6. The SMILES string of the molecule is CC(C)(CO)NCC1CC2C=CC1C2. The average molecular weight is 195 g/mol. The van der Waals surface area contributed by atoms with Crippen LogP contribution in [0, 0.1) is 17.8 Å². The number of fused-ring (bicyclic) bond motifs is 2. The highest BCUT2D eigenvalue weighted by Crippen LogP contribution is 2.43. The van der Waals surface area contributed by atoms with Gasteiger partial charge >= 0.3 is 0 Å². The number of aliphatic hydroxyl groups is 1. The van der Waals surface area contributed by atoms with Crippen LogP contribution in [-0.4, -0.2) is 23.8 Å². The zero-order valence-electron chi connectivity index (χ0n) is 9.16. The largest absolute Gasteiger partial charge is 0.394 e. The Morgan fingerprint density at radius 3 is 2.64 bits per heavy atom. The summed E-state index contributed by atoms with van der Waals surface area (Å²) in [6.07, 6.45) is 7.46. The minimum atomic E-state index is -0.119. The first kappa shape index (κ1) is 10.2. The molecule has 0 aromatic heterocycles. The lowest BCUT2D eigenvalue weighted by Gasteiger charge is -2.27. The molecule has 80 valence electrons. The second-order valence-corrected chi connectivity index (χ2v) is 5.46. The molecule has 3 atom stereocenters. The van der Waals surface area contributed by atoms with E-state index in [1.165, 1.54) is 12.8 Å². The summed E-state index contributed by atoms with van der Waals surface area (Å²) in [5.41, 5.74) is -0.119. The van der Waals surface area contributed by atoms with E-state index < -0.39 is 0 Å². The Labute approximate surface area is 86.4 Å². The number of hydrogen-bond donors (Lipinski definition) is 2. The highest BCUT2D eigenvalue weighted by molar-refractivity contribution is 5.10. The van der Waals surface area contributed by atoms with Gasteiger partial charge in [-0.25, -0.2) is 0 Å². The van der Waals surface area contributed by atoms with Gasteiger partial charge in [0.05, 0.1) is 6.61 Å². The molecule has 2 nitrogen and oxygen atoms in total. The van der Waals surface area contributed by atoms with Crippen LogP contribution in [0.15, 0.2) is 12.2 Å². The van der Waals surface area contributed by atoms with E-state index >= 15 is 0 Å². The van der Waals surface area contributed by atoms with Gasteiger partial charge in [-0.2, -0.15) is 0 Å². The third kappa shape index (κ3) is 2.01. The highest BCUT2D eigenvalue weighted by atomic mass is 16.3. The first-order chi connectivity index (χ1) is 6.61. The quantitative estimate of drug-likeness (QED) is 0.667. The predicted molar refractivity (Wildman–Crippen MR) is 58.0 cm³/mol. The summed E-state index contributed by atoms with van der Waals surface area (Å²) >= 11 is 0. The number of aliphatic hydroxyl groups excluding tert-OH is 1. The van der Waals surface area contributed by atoms with E-state index in [1.807, 2.05) is 0 Å². The Balaban J connectivity index is 1.80. The van der Waals surface area contributed by atoms with Crippen molar-refractivity contribution in [3.8, 4) is 0 Å². The molecule has 2 aliphatic rings. The van der Waals surface area contributed by atoms with Gasteiger partial charge in [-0.05, 0) is 51.0 Å². The minimum absolute atomic E-state index is 0.119. The van der Waals surface area contributed by atoms with Crippen LogP contribution >= 0.6 is 0 Å². The number of rotatable bonds is 4. The number of allylic oxidation sites excluding steroid dienone is 2. The molecule has 1 saturated carbocycles. The average Bonchev–Trinajstić information content (AvgIpc) is 2.76. The van der Waals surface area contributed by atoms with Crippen LogP contribution in [0.2, 0.25) is 0 Å². The lowest BCUT2D eigenvalue weighted by molar-refractivity contribution is 0.180. The van der Waals surface area contributed by atoms with Crippen LogP contribution in [0.25, 0.3) is 0 Å². The monoisotopic (exact) mass is 195 g/mol. The minimum Gasteiger partial charge on any atom is -0.394 e. The van der Waals surface area contributed by atoms with Gasteiger partial charge < -0.3 is 10.4 Å².